The van der Waals surface area contributed by atoms with Gasteiger partial charge in [-0.25, -0.2) is 4.98 Å². The monoisotopic (exact) mass is 318 g/mol. The van der Waals surface area contributed by atoms with E-state index in [1.807, 2.05) is 16.4 Å². The molecule has 1 fully saturated rings. The minimum atomic E-state index is -0.0959. The summed E-state index contributed by atoms with van der Waals surface area (Å²) in [7, 11) is 0. The molecule has 1 aromatic rings. The summed E-state index contributed by atoms with van der Waals surface area (Å²) in [5.41, 5.74) is 1.50. The molecule has 1 unspecified atom stereocenters. The number of nitrogens with zero attached hydrogens (tertiary/aromatic N) is 3. The van der Waals surface area contributed by atoms with E-state index < -0.39 is 0 Å². The summed E-state index contributed by atoms with van der Waals surface area (Å²) in [6, 6.07) is 0. The Morgan fingerprint density at radius 1 is 1.30 bits per heavy atom. The minimum absolute atomic E-state index is 0.0290. The zero-order chi connectivity index (χ0) is 16.2. The number of likely N-dealkylation sites (tertiary alicyclic amines) is 1. The van der Waals surface area contributed by atoms with Crippen LogP contribution < -0.4 is 5.32 Å². The summed E-state index contributed by atoms with van der Waals surface area (Å²) < 4.78 is 2.00. The lowest BCUT2D eigenvalue weighted by Crippen LogP contribution is -2.42. The van der Waals surface area contributed by atoms with Crippen molar-refractivity contribution in [2.75, 3.05) is 19.6 Å². The van der Waals surface area contributed by atoms with Crippen LogP contribution in [0.2, 0.25) is 0 Å². The number of hydrogen-bond acceptors (Lipinski definition) is 3. The molecule has 0 bridgehead atoms. The summed E-state index contributed by atoms with van der Waals surface area (Å²) in [6.07, 6.45) is 7.66. The van der Waals surface area contributed by atoms with Gasteiger partial charge in [-0.05, 0) is 38.5 Å². The zero-order valence-electron chi connectivity index (χ0n) is 13.9. The van der Waals surface area contributed by atoms with Crippen molar-refractivity contribution in [1.82, 2.24) is 19.8 Å². The molecule has 1 N–H and O–H groups in total. The molecule has 0 aromatic carbocycles. The molecular weight excluding hydrogens is 292 g/mol. The van der Waals surface area contributed by atoms with Crippen LogP contribution in [0.25, 0.3) is 0 Å². The van der Waals surface area contributed by atoms with Crippen LogP contribution in [0.5, 0.6) is 0 Å². The molecule has 1 atom stereocenters. The summed E-state index contributed by atoms with van der Waals surface area (Å²) in [5.74, 6) is 0.212. The van der Waals surface area contributed by atoms with Crippen molar-refractivity contribution in [3.8, 4) is 0 Å². The van der Waals surface area contributed by atoms with Crippen molar-refractivity contribution in [2.24, 2.45) is 5.92 Å². The number of imidazole rings is 1. The first-order valence-corrected chi connectivity index (χ1v) is 8.81. The highest BCUT2D eigenvalue weighted by Gasteiger charge is 2.31. The van der Waals surface area contributed by atoms with Crippen molar-refractivity contribution in [1.29, 1.82) is 0 Å². The van der Waals surface area contributed by atoms with Crippen molar-refractivity contribution < 1.29 is 9.59 Å². The summed E-state index contributed by atoms with van der Waals surface area (Å²) >= 11 is 0. The highest BCUT2D eigenvalue weighted by Crippen LogP contribution is 2.25. The number of hydrogen-bond donors (Lipinski definition) is 1. The predicted molar refractivity (Wildman–Crippen MR) is 87.1 cm³/mol. The lowest BCUT2D eigenvalue weighted by molar-refractivity contribution is -0.137. The molecule has 1 saturated heterocycles. The molecule has 0 saturated carbocycles. The zero-order valence-corrected chi connectivity index (χ0v) is 13.9. The van der Waals surface area contributed by atoms with Crippen molar-refractivity contribution in [3.63, 3.8) is 0 Å². The Morgan fingerprint density at radius 2 is 2.09 bits per heavy atom. The van der Waals surface area contributed by atoms with Crippen LogP contribution in [0.15, 0.2) is 6.33 Å². The molecule has 6 heteroatoms. The summed E-state index contributed by atoms with van der Waals surface area (Å²) in [6.45, 7) is 5.15. The van der Waals surface area contributed by atoms with E-state index in [-0.39, 0.29) is 17.7 Å². The predicted octanol–water partition coefficient (Wildman–Crippen LogP) is 1.60. The maximum Gasteiger partial charge on any atom is 0.271 e. The number of carbonyl (C=O) groups excluding carboxylic acids is 2. The molecule has 1 aromatic heterocycles. The Bertz CT molecular complexity index is 575. The standard InChI is InChI=1S/C17H26N4O2/c1-2-8-18-16(22)15-14-7-6-13(11-21(14)12-19-15)17(23)20-9-4-3-5-10-20/h12-13H,2-11H2,1H3,(H,18,22). The number of rotatable bonds is 4. The van der Waals surface area contributed by atoms with E-state index in [1.54, 1.807) is 6.33 Å². The highest BCUT2D eigenvalue weighted by molar-refractivity contribution is 5.93. The molecule has 0 aliphatic carbocycles. The van der Waals surface area contributed by atoms with Crippen LogP contribution in [-0.2, 0) is 17.8 Å². The Kier molecular flexibility index (Phi) is 4.98. The van der Waals surface area contributed by atoms with E-state index >= 15 is 0 Å². The fourth-order valence-corrected chi connectivity index (χ4v) is 3.55. The molecule has 0 radical (unpaired) electrons. The van der Waals surface area contributed by atoms with Gasteiger partial charge in [0.1, 0.15) is 5.69 Å². The average molecular weight is 318 g/mol. The van der Waals surface area contributed by atoms with E-state index in [9.17, 15) is 9.59 Å². The molecule has 126 valence electrons. The second kappa shape index (κ2) is 7.15. The first kappa shape index (κ1) is 16.0. The number of aromatic nitrogens is 2. The van der Waals surface area contributed by atoms with Gasteiger partial charge in [-0.15, -0.1) is 0 Å². The topological polar surface area (TPSA) is 67.2 Å². The molecule has 0 spiro atoms. The van der Waals surface area contributed by atoms with Gasteiger partial charge in [0, 0.05) is 26.2 Å². The largest absolute Gasteiger partial charge is 0.351 e. The van der Waals surface area contributed by atoms with E-state index in [4.69, 9.17) is 0 Å². The van der Waals surface area contributed by atoms with Gasteiger partial charge in [0.25, 0.3) is 5.91 Å². The molecule has 3 heterocycles. The van der Waals surface area contributed by atoms with E-state index in [0.717, 1.165) is 50.9 Å². The van der Waals surface area contributed by atoms with Gasteiger partial charge in [0.15, 0.2) is 0 Å². The van der Waals surface area contributed by atoms with Crippen LogP contribution in [0, 0.1) is 5.92 Å². The SMILES string of the molecule is CCCNC(=O)c1ncn2c1CCC(C(=O)N1CCCCC1)C2. The number of carbonyl (C=O) groups is 2. The lowest BCUT2D eigenvalue weighted by Gasteiger charge is -2.32. The fourth-order valence-electron chi connectivity index (χ4n) is 3.55. The minimum Gasteiger partial charge on any atom is -0.351 e. The normalized spacial score (nSPS) is 20.9. The highest BCUT2D eigenvalue weighted by atomic mass is 16.2. The van der Waals surface area contributed by atoms with E-state index in [2.05, 4.69) is 10.3 Å². The van der Waals surface area contributed by atoms with Gasteiger partial charge in [0.2, 0.25) is 5.91 Å². The smallest absolute Gasteiger partial charge is 0.271 e. The third kappa shape index (κ3) is 3.41. The van der Waals surface area contributed by atoms with Crippen LogP contribution in [-0.4, -0.2) is 45.9 Å². The summed E-state index contributed by atoms with van der Waals surface area (Å²) in [4.78, 5) is 31.1. The van der Waals surface area contributed by atoms with Gasteiger partial charge in [-0.3, -0.25) is 9.59 Å². The van der Waals surface area contributed by atoms with Crippen molar-refractivity contribution >= 4 is 11.8 Å². The van der Waals surface area contributed by atoms with Crippen molar-refractivity contribution in [3.05, 3.63) is 17.7 Å². The first-order chi connectivity index (χ1) is 11.2. The first-order valence-electron chi connectivity index (χ1n) is 8.81. The lowest BCUT2D eigenvalue weighted by atomic mass is 9.94. The number of fused-ring (bicyclic) bond motifs is 1. The number of piperidine rings is 1. The second-order valence-electron chi connectivity index (χ2n) is 6.57. The average Bonchev–Trinajstić information content (AvgIpc) is 3.03. The number of amides is 2. The Labute approximate surface area is 137 Å². The third-order valence-corrected chi connectivity index (χ3v) is 4.86. The van der Waals surface area contributed by atoms with Crippen LogP contribution in [0.4, 0.5) is 0 Å². The van der Waals surface area contributed by atoms with Gasteiger partial charge >= 0.3 is 0 Å². The molecular formula is C17H26N4O2. The number of nitrogens with one attached hydrogen (secondary N) is 1. The van der Waals surface area contributed by atoms with Gasteiger partial charge in [0.05, 0.1) is 17.9 Å². The third-order valence-electron chi connectivity index (χ3n) is 4.86. The maximum atomic E-state index is 12.7. The van der Waals surface area contributed by atoms with Gasteiger partial charge in [-0.1, -0.05) is 6.92 Å². The van der Waals surface area contributed by atoms with Crippen LogP contribution >= 0.6 is 0 Å². The van der Waals surface area contributed by atoms with Crippen molar-refractivity contribution in [2.45, 2.75) is 52.0 Å². The Hall–Kier alpha value is -1.85. The summed E-state index contributed by atoms with van der Waals surface area (Å²) in [5, 5.41) is 2.88. The van der Waals surface area contributed by atoms with Gasteiger partial charge < -0.3 is 14.8 Å². The molecule has 6 nitrogen and oxygen atoms in total. The Morgan fingerprint density at radius 3 is 2.83 bits per heavy atom. The Balaban J connectivity index is 1.66. The fraction of sp³-hybridized carbons (Fsp3) is 0.706. The maximum absolute atomic E-state index is 12.7. The van der Waals surface area contributed by atoms with E-state index in [1.165, 1.54) is 6.42 Å². The van der Waals surface area contributed by atoms with Crippen LogP contribution in [0.3, 0.4) is 0 Å². The quantitative estimate of drug-likeness (QED) is 0.917. The molecule has 3 rings (SSSR count). The van der Waals surface area contributed by atoms with Crippen LogP contribution in [0.1, 0.15) is 55.2 Å². The second-order valence-corrected chi connectivity index (χ2v) is 6.57. The van der Waals surface area contributed by atoms with Gasteiger partial charge in [-0.2, -0.15) is 0 Å². The molecule has 23 heavy (non-hydrogen) atoms. The molecule has 2 aliphatic rings. The molecule has 2 aliphatic heterocycles. The van der Waals surface area contributed by atoms with E-state index in [0.29, 0.717) is 18.8 Å². The molecule has 2 amide bonds.